The fourth-order valence-electron chi connectivity index (χ4n) is 5.34. The highest BCUT2D eigenvalue weighted by molar-refractivity contribution is 7.88. The van der Waals surface area contributed by atoms with Crippen LogP contribution in [0.3, 0.4) is 0 Å². The minimum Gasteiger partial charge on any atom is -0.354 e. The third kappa shape index (κ3) is 6.40. The molecular weight excluding hydrogens is 404 g/mol. The summed E-state index contributed by atoms with van der Waals surface area (Å²) in [6.07, 6.45) is 12.2. The van der Waals surface area contributed by atoms with Gasteiger partial charge in [0.15, 0.2) is 0 Å². The Hall–Kier alpha value is -1.19. The molecule has 3 aliphatic rings. The lowest BCUT2D eigenvalue weighted by molar-refractivity contribution is -0.141. The number of rotatable bonds is 7. The Kier molecular flexibility index (Phi) is 8.15. The number of sulfonamides is 1. The first kappa shape index (κ1) is 23.5. The fraction of sp³-hybridized carbons (Fsp3) is 0.905. The van der Waals surface area contributed by atoms with Crippen LogP contribution in [-0.4, -0.2) is 62.6 Å². The molecule has 0 aromatic rings. The largest absolute Gasteiger partial charge is 0.354 e. The Morgan fingerprint density at radius 3 is 2.23 bits per heavy atom. The molecule has 0 bridgehead atoms. The van der Waals surface area contributed by atoms with E-state index in [1.54, 1.807) is 0 Å². The first-order valence-electron chi connectivity index (χ1n) is 11.6. The van der Waals surface area contributed by atoms with E-state index < -0.39 is 22.1 Å². The summed E-state index contributed by atoms with van der Waals surface area (Å²) >= 11 is 0. The maximum absolute atomic E-state index is 13.5. The molecule has 0 aromatic carbocycles. The van der Waals surface area contributed by atoms with Gasteiger partial charge in [-0.25, -0.2) is 13.1 Å². The molecule has 3 rings (SSSR count). The van der Waals surface area contributed by atoms with Gasteiger partial charge in [0.05, 0.1) is 6.26 Å². The van der Waals surface area contributed by atoms with Gasteiger partial charge in [0.2, 0.25) is 21.8 Å². The Bertz CT molecular complexity index is 702. The average molecular weight is 443 g/mol. The molecular formula is C21H38N4O4S. The van der Waals surface area contributed by atoms with Gasteiger partial charge in [-0.15, -0.1) is 0 Å². The van der Waals surface area contributed by atoms with Crippen molar-refractivity contribution in [3.8, 4) is 0 Å². The van der Waals surface area contributed by atoms with Crippen LogP contribution < -0.4 is 15.8 Å². The van der Waals surface area contributed by atoms with E-state index in [-0.39, 0.29) is 30.3 Å². The predicted molar refractivity (Wildman–Crippen MR) is 116 cm³/mol. The van der Waals surface area contributed by atoms with Gasteiger partial charge in [0, 0.05) is 19.1 Å². The van der Waals surface area contributed by atoms with E-state index in [0.717, 1.165) is 51.2 Å². The molecule has 0 unspecified atom stereocenters. The summed E-state index contributed by atoms with van der Waals surface area (Å²) in [4.78, 5) is 27.9. The fourth-order valence-corrected chi connectivity index (χ4v) is 6.09. The zero-order chi connectivity index (χ0) is 21.7. The standard InChI is InChI=1S/C21H38N4O4S/c1-30(28,29)24-19(16-10-6-3-7-11-16)21(27)25-14-17(22)12-18(25)20(26)23-13-15-8-4-2-5-9-15/h15-19,24H,2-14,22H2,1H3,(H,23,26)/t17-,18+,19-/m1/s1. The number of likely N-dealkylation sites (tertiary alicyclic amines) is 1. The molecule has 1 aliphatic heterocycles. The van der Waals surface area contributed by atoms with Gasteiger partial charge in [-0.05, 0) is 43.9 Å². The van der Waals surface area contributed by atoms with Gasteiger partial charge < -0.3 is 16.0 Å². The van der Waals surface area contributed by atoms with Crippen LogP contribution in [-0.2, 0) is 19.6 Å². The molecule has 0 spiro atoms. The Balaban J connectivity index is 1.68. The quantitative estimate of drug-likeness (QED) is 0.545. The highest BCUT2D eigenvalue weighted by Gasteiger charge is 2.43. The lowest BCUT2D eigenvalue weighted by Gasteiger charge is -2.34. The zero-order valence-corrected chi connectivity index (χ0v) is 19.0. The molecule has 2 saturated carbocycles. The van der Waals surface area contributed by atoms with E-state index >= 15 is 0 Å². The van der Waals surface area contributed by atoms with Crippen molar-refractivity contribution in [3.63, 3.8) is 0 Å². The summed E-state index contributed by atoms with van der Waals surface area (Å²) in [6.45, 7) is 0.926. The summed E-state index contributed by atoms with van der Waals surface area (Å²) in [5.74, 6) is -0.00530. The SMILES string of the molecule is CS(=O)(=O)N[C@@H](C(=O)N1C[C@H](N)C[C@H]1C(=O)NCC1CCCCC1)C1CCCCC1. The number of hydrogen-bond acceptors (Lipinski definition) is 5. The van der Waals surface area contributed by atoms with E-state index in [2.05, 4.69) is 10.0 Å². The van der Waals surface area contributed by atoms with Crippen LogP contribution in [0.2, 0.25) is 0 Å². The van der Waals surface area contributed by atoms with Gasteiger partial charge in [0.1, 0.15) is 12.1 Å². The summed E-state index contributed by atoms with van der Waals surface area (Å²) < 4.78 is 26.5. The number of carbonyl (C=O) groups excluding carboxylic acids is 2. The van der Waals surface area contributed by atoms with E-state index in [1.807, 2.05) is 0 Å². The second kappa shape index (κ2) is 10.4. The van der Waals surface area contributed by atoms with Crippen LogP contribution in [0.1, 0.15) is 70.6 Å². The molecule has 2 aliphatic carbocycles. The molecule has 9 heteroatoms. The number of carbonyl (C=O) groups is 2. The third-order valence-electron chi connectivity index (χ3n) is 6.94. The zero-order valence-electron chi connectivity index (χ0n) is 18.1. The number of nitrogens with one attached hydrogen (secondary N) is 2. The molecule has 172 valence electrons. The number of hydrogen-bond donors (Lipinski definition) is 3. The minimum atomic E-state index is -3.55. The monoisotopic (exact) mass is 442 g/mol. The summed E-state index contributed by atoms with van der Waals surface area (Å²) in [5, 5.41) is 3.04. The highest BCUT2D eigenvalue weighted by Crippen LogP contribution is 2.29. The van der Waals surface area contributed by atoms with Gasteiger partial charge in [0.25, 0.3) is 0 Å². The number of amides is 2. The van der Waals surface area contributed by atoms with Crippen LogP contribution in [0.4, 0.5) is 0 Å². The normalized spacial score (nSPS) is 27.7. The Morgan fingerprint density at radius 1 is 1.03 bits per heavy atom. The highest BCUT2D eigenvalue weighted by atomic mass is 32.2. The predicted octanol–water partition coefficient (Wildman–Crippen LogP) is 1.11. The molecule has 1 saturated heterocycles. The molecule has 8 nitrogen and oxygen atoms in total. The van der Waals surface area contributed by atoms with Crippen molar-refractivity contribution in [2.45, 2.75) is 88.8 Å². The molecule has 3 atom stereocenters. The lowest BCUT2D eigenvalue weighted by Crippen LogP contribution is -2.56. The minimum absolute atomic E-state index is 0.0382. The van der Waals surface area contributed by atoms with E-state index in [4.69, 9.17) is 5.73 Å². The smallest absolute Gasteiger partial charge is 0.242 e. The summed E-state index contributed by atoms with van der Waals surface area (Å²) in [5.41, 5.74) is 6.12. The van der Waals surface area contributed by atoms with Gasteiger partial charge in [-0.2, -0.15) is 0 Å². The van der Waals surface area contributed by atoms with Crippen molar-refractivity contribution < 1.29 is 18.0 Å². The molecule has 0 radical (unpaired) electrons. The van der Waals surface area contributed by atoms with E-state index in [9.17, 15) is 18.0 Å². The molecule has 1 heterocycles. The van der Waals surface area contributed by atoms with E-state index in [1.165, 1.54) is 24.2 Å². The third-order valence-corrected chi connectivity index (χ3v) is 7.62. The lowest BCUT2D eigenvalue weighted by atomic mass is 9.83. The van der Waals surface area contributed by atoms with Crippen molar-refractivity contribution in [3.05, 3.63) is 0 Å². The first-order chi connectivity index (χ1) is 14.2. The van der Waals surface area contributed by atoms with Crippen LogP contribution in [0.15, 0.2) is 0 Å². The van der Waals surface area contributed by atoms with Crippen molar-refractivity contribution in [2.75, 3.05) is 19.3 Å². The Morgan fingerprint density at radius 2 is 1.63 bits per heavy atom. The molecule has 30 heavy (non-hydrogen) atoms. The molecule has 2 amide bonds. The van der Waals surface area contributed by atoms with Crippen LogP contribution in [0, 0.1) is 11.8 Å². The number of nitrogens with two attached hydrogens (primary N) is 1. The summed E-state index contributed by atoms with van der Waals surface area (Å²) in [6, 6.07) is -1.72. The van der Waals surface area contributed by atoms with Gasteiger partial charge in [-0.3, -0.25) is 9.59 Å². The Labute approximate surface area is 180 Å². The maximum atomic E-state index is 13.5. The van der Waals surface area contributed by atoms with Crippen molar-refractivity contribution in [1.29, 1.82) is 0 Å². The number of nitrogens with zero attached hydrogens (tertiary/aromatic N) is 1. The first-order valence-corrected chi connectivity index (χ1v) is 13.4. The average Bonchev–Trinajstić information content (AvgIpc) is 3.12. The molecule has 4 N–H and O–H groups in total. The van der Waals surface area contributed by atoms with Crippen LogP contribution in [0.25, 0.3) is 0 Å². The van der Waals surface area contributed by atoms with Gasteiger partial charge in [-0.1, -0.05) is 38.5 Å². The topological polar surface area (TPSA) is 122 Å². The molecule has 0 aromatic heterocycles. The second-order valence-electron chi connectivity index (χ2n) is 9.52. The van der Waals surface area contributed by atoms with Crippen LogP contribution in [0.5, 0.6) is 0 Å². The van der Waals surface area contributed by atoms with Gasteiger partial charge >= 0.3 is 0 Å². The van der Waals surface area contributed by atoms with Crippen molar-refractivity contribution in [2.24, 2.45) is 17.6 Å². The maximum Gasteiger partial charge on any atom is 0.242 e. The summed E-state index contributed by atoms with van der Waals surface area (Å²) in [7, 11) is -3.55. The second-order valence-corrected chi connectivity index (χ2v) is 11.3. The molecule has 3 fully saturated rings. The van der Waals surface area contributed by atoms with Crippen molar-refractivity contribution >= 4 is 21.8 Å². The van der Waals surface area contributed by atoms with Crippen molar-refractivity contribution in [1.82, 2.24) is 14.9 Å². The van der Waals surface area contributed by atoms with Crippen LogP contribution >= 0.6 is 0 Å². The van der Waals surface area contributed by atoms with E-state index in [0.29, 0.717) is 18.9 Å².